The molecule has 0 radical (unpaired) electrons. The lowest BCUT2D eigenvalue weighted by Gasteiger charge is -2.26. The van der Waals surface area contributed by atoms with Crippen molar-refractivity contribution in [2.24, 2.45) is 0 Å². The van der Waals surface area contributed by atoms with Crippen LogP contribution in [0.25, 0.3) is 0 Å². The predicted octanol–water partition coefficient (Wildman–Crippen LogP) is 4.62. The van der Waals surface area contributed by atoms with Crippen LogP contribution < -0.4 is 9.80 Å². The van der Waals surface area contributed by atoms with Gasteiger partial charge in [-0.25, -0.2) is 9.59 Å². The molecule has 6 nitrogen and oxygen atoms in total. The van der Waals surface area contributed by atoms with Gasteiger partial charge in [0, 0.05) is 25.5 Å². The van der Waals surface area contributed by atoms with Gasteiger partial charge in [-0.3, -0.25) is 0 Å². The van der Waals surface area contributed by atoms with E-state index in [4.69, 9.17) is 0 Å². The first-order valence-electron chi connectivity index (χ1n) is 8.62. The Balaban J connectivity index is 2.19. The normalized spacial score (nSPS) is 10.4. The van der Waals surface area contributed by atoms with Crippen LogP contribution in [-0.2, 0) is 0 Å². The molecule has 0 aliphatic carbocycles. The topological polar surface area (TPSA) is 81.1 Å². The number of hydrogen-bond donors (Lipinski definition) is 2. The highest BCUT2D eigenvalue weighted by atomic mass is 16.4. The molecule has 0 aliphatic heterocycles. The van der Waals surface area contributed by atoms with Crippen molar-refractivity contribution in [3.8, 4) is 0 Å². The summed E-state index contributed by atoms with van der Waals surface area (Å²) in [6, 6.07) is 21.2. The molecule has 3 rings (SSSR count). The average molecular weight is 376 g/mol. The minimum atomic E-state index is -1.13. The van der Waals surface area contributed by atoms with Gasteiger partial charge in [0.05, 0.1) is 22.5 Å². The highest BCUT2D eigenvalue weighted by Gasteiger charge is 2.23. The number of carboxylic acids is 2. The van der Waals surface area contributed by atoms with E-state index in [0.717, 1.165) is 11.4 Å². The molecule has 3 aromatic carbocycles. The standard InChI is InChI=1S/C22H20N2O4/c1-23(15-9-5-3-6-10-15)19-13-18(22(27)28)20(14-17(19)21(25)26)24(2)16-11-7-4-8-12-16/h3-14H,1-2H3,(H,25,26)(H,27,28). The Morgan fingerprint density at radius 2 is 0.964 bits per heavy atom. The lowest BCUT2D eigenvalue weighted by atomic mass is 10.0. The van der Waals surface area contributed by atoms with Gasteiger partial charge in [-0.2, -0.15) is 0 Å². The molecule has 0 bridgehead atoms. The molecular weight excluding hydrogens is 356 g/mol. The molecule has 6 heteroatoms. The third-order valence-corrected chi connectivity index (χ3v) is 4.58. The largest absolute Gasteiger partial charge is 0.478 e. The summed E-state index contributed by atoms with van der Waals surface area (Å²) in [5, 5.41) is 19.6. The van der Waals surface area contributed by atoms with E-state index in [1.165, 1.54) is 12.1 Å². The first kappa shape index (κ1) is 19.0. The highest BCUT2D eigenvalue weighted by Crippen LogP contribution is 2.35. The number of anilines is 4. The number of rotatable bonds is 6. The van der Waals surface area contributed by atoms with Crippen molar-refractivity contribution in [1.29, 1.82) is 0 Å². The third-order valence-electron chi connectivity index (χ3n) is 4.58. The first-order valence-corrected chi connectivity index (χ1v) is 8.62. The fourth-order valence-electron chi connectivity index (χ4n) is 3.06. The summed E-state index contributed by atoms with van der Waals surface area (Å²) >= 11 is 0. The molecule has 0 spiro atoms. The summed E-state index contributed by atoms with van der Waals surface area (Å²) < 4.78 is 0. The Labute approximate surface area is 162 Å². The number of carbonyl (C=O) groups is 2. The second-order valence-corrected chi connectivity index (χ2v) is 6.29. The van der Waals surface area contributed by atoms with E-state index in [9.17, 15) is 19.8 Å². The number of aromatic carboxylic acids is 2. The fraction of sp³-hybridized carbons (Fsp3) is 0.0909. The van der Waals surface area contributed by atoms with Crippen molar-refractivity contribution in [3.63, 3.8) is 0 Å². The monoisotopic (exact) mass is 376 g/mol. The van der Waals surface area contributed by atoms with Crippen LogP contribution in [-0.4, -0.2) is 36.2 Å². The van der Waals surface area contributed by atoms with E-state index in [-0.39, 0.29) is 11.1 Å². The maximum atomic E-state index is 12.0. The Kier molecular flexibility index (Phi) is 5.31. The molecule has 0 atom stereocenters. The number of carboxylic acid groups (broad SMARTS) is 2. The van der Waals surface area contributed by atoms with Crippen molar-refractivity contribution in [3.05, 3.63) is 83.9 Å². The Morgan fingerprint density at radius 3 is 1.25 bits per heavy atom. The predicted molar refractivity (Wildman–Crippen MR) is 109 cm³/mol. The van der Waals surface area contributed by atoms with Gasteiger partial charge in [-0.1, -0.05) is 36.4 Å². The zero-order chi connectivity index (χ0) is 20.3. The summed E-state index contributed by atoms with van der Waals surface area (Å²) in [6.45, 7) is 0. The van der Waals surface area contributed by atoms with E-state index in [0.29, 0.717) is 11.4 Å². The minimum absolute atomic E-state index is 0.0223. The first-order chi connectivity index (χ1) is 13.4. The molecule has 0 saturated heterocycles. The van der Waals surface area contributed by atoms with Crippen molar-refractivity contribution < 1.29 is 19.8 Å². The van der Waals surface area contributed by atoms with Crippen LogP contribution >= 0.6 is 0 Å². The van der Waals surface area contributed by atoms with Gasteiger partial charge in [-0.15, -0.1) is 0 Å². The van der Waals surface area contributed by atoms with Crippen LogP contribution in [0.5, 0.6) is 0 Å². The molecule has 0 unspecified atom stereocenters. The minimum Gasteiger partial charge on any atom is -0.478 e. The van der Waals surface area contributed by atoms with E-state index < -0.39 is 11.9 Å². The Morgan fingerprint density at radius 1 is 0.643 bits per heavy atom. The molecule has 28 heavy (non-hydrogen) atoms. The van der Waals surface area contributed by atoms with Gasteiger partial charge in [0.1, 0.15) is 0 Å². The van der Waals surface area contributed by atoms with E-state index in [2.05, 4.69) is 0 Å². The number of para-hydroxylation sites is 2. The van der Waals surface area contributed by atoms with Crippen LogP contribution in [0.4, 0.5) is 22.7 Å². The van der Waals surface area contributed by atoms with Gasteiger partial charge in [0.15, 0.2) is 0 Å². The SMILES string of the molecule is CN(c1ccccc1)c1cc(C(=O)O)c(N(C)c2ccccc2)cc1C(=O)O. The molecule has 0 amide bonds. The van der Waals surface area contributed by atoms with Gasteiger partial charge < -0.3 is 20.0 Å². The van der Waals surface area contributed by atoms with Gasteiger partial charge in [0.2, 0.25) is 0 Å². The second-order valence-electron chi connectivity index (χ2n) is 6.29. The lowest BCUT2D eigenvalue weighted by Crippen LogP contribution is -2.19. The Hall–Kier alpha value is -3.80. The third kappa shape index (κ3) is 3.66. The second kappa shape index (κ2) is 7.84. The van der Waals surface area contributed by atoms with Crippen LogP contribution in [0.2, 0.25) is 0 Å². The maximum Gasteiger partial charge on any atom is 0.337 e. The van der Waals surface area contributed by atoms with Crippen LogP contribution in [0, 0.1) is 0 Å². The molecule has 0 heterocycles. The van der Waals surface area contributed by atoms with Crippen molar-refractivity contribution in [1.82, 2.24) is 0 Å². The molecule has 0 fully saturated rings. The number of hydrogen-bond acceptors (Lipinski definition) is 4. The summed E-state index contributed by atoms with van der Waals surface area (Å²) in [7, 11) is 3.42. The molecule has 142 valence electrons. The summed E-state index contributed by atoms with van der Waals surface area (Å²) in [5.41, 5.74) is 2.17. The van der Waals surface area contributed by atoms with Gasteiger partial charge in [-0.05, 0) is 36.4 Å². The van der Waals surface area contributed by atoms with Crippen LogP contribution in [0.3, 0.4) is 0 Å². The van der Waals surface area contributed by atoms with Crippen LogP contribution in [0.15, 0.2) is 72.8 Å². The van der Waals surface area contributed by atoms with Crippen LogP contribution in [0.1, 0.15) is 20.7 Å². The molecule has 0 saturated carbocycles. The van der Waals surface area contributed by atoms with E-state index >= 15 is 0 Å². The lowest BCUT2D eigenvalue weighted by molar-refractivity contribution is 0.0682. The van der Waals surface area contributed by atoms with Gasteiger partial charge >= 0.3 is 11.9 Å². The average Bonchev–Trinajstić information content (AvgIpc) is 2.72. The zero-order valence-corrected chi connectivity index (χ0v) is 15.5. The van der Waals surface area contributed by atoms with Crippen molar-refractivity contribution in [2.75, 3.05) is 23.9 Å². The van der Waals surface area contributed by atoms with E-state index in [1.807, 2.05) is 60.7 Å². The summed E-state index contributed by atoms with van der Waals surface area (Å²) in [4.78, 5) is 27.3. The molecule has 2 N–H and O–H groups in total. The smallest absolute Gasteiger partial charge is 0.337 e. The summed E-state index contributed by atoms with van der Waals surface area (Å²) in [6.07, 6.45) is 0. The van der Waals surface area contributed by atoms with Gasteiger partial charge in [0.25, 0.3) is 0 Å². The summed E-state index contributed by atoms with van der Waals surface area (Å²) in [5.74, 6) is -2.25. The van der Waals surface area contributed by atoms with Crippen molar-refractivity contribution in [2.45, 2.75) is 0 Å². The molecule has 0 aromatic heterocycles. The zero-order valence-electron chi connectivity index (χ0n) is 15.5. The Bertz CT molecular complexity index is 921. The number of benzene rings is 3. The molecular formula is C22H20N2O4. The van der Waals surface area contributed by atoms with E-state index in [1.54, 1.807) is 23.9 Å². The highest BCUT2D eigenvalue weighted by molar-refractivity contribution is 6.03. The molecule has 3 aromatic rings. The number of nitrogens with zero attached hydrogens (tertiary/aromatic N) is 2. The molecule has 0 aliphatic rings. The van der Waals surface area contributed by atoms with Crippen molar-refractivity contribution >= 4 is 34.7 Å². The maximum absolute atomic E-state index is 12.0. The quantitative estimate of drug-likeness (QED) is 0.653. The fourth-order valence-corrected chi connectivity index (χ4v) is 3.06.